The summed E-state index contributed by atoms with van der Waals surface area (Å²) in [5.41, 5.74) is 7.34. The van der Waals surface area contributed by atoms with Gasteiger partial charge in [-0.05, 0) is 166 Å². The zero-order chi connectivity index (χ0) is 95.4. The van der Waals surface area contributed by atoms with Crippen LogP contribution in [0.2, 0.25) is 0 Å². The van der Waals surface area contributed by atoms with E-state index in [1.54, 1.807) is 0 Å². The first kappa shape index (κ1) is 116. The van der Waals surface area contributed by atoms with Gasteiger partial charge in [0, 0.05) is 39.8 Å². The normalized spacial score (nSPS) is 19.0. The number of allylic oxidation sites excluding steroid dienone is 1. The number of unbranched alkanes of at least 4 members (excludes halogenated alkanes) is 54. The maximum Gasteiger partial charge on any atom is 0.508 e. The second-order valence-corrected chi connectivity index (χ2v) is 43.7. The minimum Gasteiger partial charge on any atom is -0.493 e. The van der Waals surface area contributed by atoms with Crippen LogP contribution < -0.4 is 28.4 Å². The standard InChI is InChI=1S/C124H210O10/c1-12-18-24-30-36-42-48-54-60-66-87-127-116-94-105(117(128-88-67-61-55-49-43-37-31-25-19-13-2)93-104(116)75-77-106-95-120(131-91-70-64-58-52-46-40-34-28-22-16-5)108(100-125)97-118(106)129-89-68-62-56-50-44-38-32-26-20-14-3)76-78-107-96-121(132-92-71-65-59-53-47-41-35-29-23-17-6)109(98-119(107)130-90-69-63-57-51-45-39-33-27-21-15-4)101-133-122(126)134-111-83-85-123(10)110(99-111)79-80-112-114-82-81-113(103(9)74-72-73-102(7)8)124(114,11)86-84-115(112)123/h75-79,93-98,102-103,111-115,125H,12-74,80-92,99-101H2,1-11H3/b77-75+,78-76+/t103-,111+,112+,113-,114+,115+,123+,124-/m1/s1. The molecule has 1 N–H and O–H groups in total. The third-order valence-corrected chi connectivity index (χ3v) is 32.0. The van der Waals surface area contributed by atoms with Crippen molar-refractivity contribution in [3.63, 3.8) is 0 Å². The van der Waals surface area contributed by atoms with Crippen LogP contribution in [0.1, 0.15) is 565 Å². The van der Waals surface area contributed by atoms with Gasteiger partial charge in [-0.1, -0.05) is 478 Å². The topological polar surface area (TPSA) is 111 Å². The molecule has 0 spiro atoms. The molecule has 3 fully saturated rings. The first-order valence-electron chi connectivity index (χ1n) is 58.5. The van der Waals surface area contributed by atoms with Gasteiger partial charge in [0.2, 0.25) is 0 Å². The van der Waals surface area contributed by atoms with Crippen LogP contribution in [0.3, 0.4) is 0 Å². The highest BCUT2D eigenvalue weighted by atomic mass is 16.7. The number of benzene rings is 3. The number of hydrogen-bond donors (Lipinski definition) is 1. The number of aliphatic hydroxyl groups excluding tert-OH is 1. The molecule has 0 unspecified atom stereocenters. The molecule has 0 aromatic heterocycles. The van der Waals surface area contributed by atoms with Gasteiger partial charge >= 0.3 is 6.16 Å². The maximum absolute atomic E-state index is 14.5. The van der Waals surface area contributed by atoms with E-state index in [-0.39, 0.29) is 24.7 Å². The average molecular weight is 1860 g/mol. The van der Waals surface area contributed by atoms with E-state index in [1.807, 2.05) is 6.07 Å². The van der Waals surface area contributed by atoms with Gasteiger partial charge in [0.15, 0.2) is 0 Å². The monoisotopic (exact) mass is 1860 g/mol. The van der Waals surface area contributed by atoms with Gasteiger partial charge in [-0.15, -0.1) is 0 Å². The van der Waals surface area contributed by atoms with Crippen molar-refractivity contribution in [3.8, 4) is 34.5 Å². The Morgan fingerprint density at radius 2 is 0.657 bits per heavy atom. The van der Waals surface area contributed by atoms with E-state index >= 15 is 0 Å². The highest BCUT2D eigenvalue weighted by Gasteiger charge is 2.59. The highest BCUT2D eigenvalue weighted by molar-refractivity contribution is 5.81. The molecule has 10 heteroatoms. The predicted molar refractivity (Wildman–Crippen MR) is 575 cm³/mol. The molecule has 4 aliphatic carbocycles. The Morgan fingerprint density at radius 1 is 0.351 bits per heavy atom. The predicted octanol–water partition coefficient (Wildman–Crippen LogP) is 39.4. The van der Waals surface area contributed by atoms with Crippen molar-refractivity contribution < 1.29 is 47.8 Å². The second-order valence-electron chi connectivity index (χ2n) is 43.7. The second kappa shape index (κ2) is 73.1. The third kappa shape index (κ3) is 45.7. The Balaban J connectivity index is 1.23. The zero-order valence-corrected chi connectivity index (χ0v) is 89.4. The summed E-state index contributed by atoms with van der Waals surface area (Å²) in [6.07, 6.45) is 99.0. The van der Waals surface area contributed by atoms with Gasteiger partial charge in [0.25, 0.3) is 0 Å². The van der Waals surface area contributed by atoms with Crippen molar-refractivity contribution in [3.05, 3.63) is 81.4 Å². The van der Waals surface area contributed by atoms with E-state index in [0.717, 1.165) is 182 Å². The summed E-state index contributed by atoms with van der Waals surface area (Å²) in [6.45, 7) is 29.9. The van der Waals surface area contributed by atoms with Crippen LogP contribution in [0, 0.1) is 46.3 Å². The molecule has 0 bridgehead atoms. The van der Waals surface area contributed by atoms with Gasteiger partial charge in [0.05, 0.1) is 46.2 Å². The van der Waals surface area contributed by atoms with Gasteiger partial charge in [-0.3, -0.25) is 0 Å². The molecule has 4 aliphatic rings. The molecule has 3 saturated carbocycles. The fraction of sp³-hybridized carbons (Fsp3) is 0.798. The number of carbonyl (C=O) groups is 1. The van der Waals surface area contributed by atoms with Crippen LogP contribution >= 0.6 is 0 Å². The largest absolute Gasteiger partial charge is 0.508 e. The zero-order valence-electron chi connectivity index (χ0n) is 89.4. The molecule has 3 aromatic rings. The van der Waals surface area contributed by atoms with Gasteiger partial charge in [-0.2, -0.15) is 0 Å². The fourth-order valence-electron chi connectivity index (χ4n) is 23.4. The summed E-state index contributed by atoms with van der Waals surface area (Å²) >= 11 is 0. The Kier molecular flexibility index (Phi) is 63.2. The number of aliphatic hydroxyl groups is 1. The summed E-state index contributed by atoms with van der Waals surface area (Å²) < 4.78 is 54.8. The molecule has 8 atom stereocenters. The average Bonchev–Trinajstić information content (AvgIpc) is 1.42. The lowest BCUT2D eigenvalue weighted by Gasteiger charge is -2.58. The van der Waals surface area contributed by atoms with E-state index < -0.39 is 6.16 Å². The van der Waals surface area contributed by atoms with Crippen LogP contribution in [0.25, 0.3) is 24.3 Å². The van der Waals surface area contributed by atoms with E-state index in [0.29, 0.717) is 62.5 Å². The van der Waals surface area contributed by atoms with Gasteiger partial charge in [-0.25, -0.2) is 4.79 Å². The number of carbonyl (C=O) groups excluding carboxylic acids is 1. The van der Waals surface area contributed by atoms with Crippen molar-refractivity contribution in [1.82, 2.24) is 0 Å². The van der Waals surface area contributed by atoms with E-state index in [1.165, 1.54) is 365 Å². The number of fused-ring (bicyclic) bond motifs is 5. The third-order valence-electron chi connectivity index (χ3n) is 32.0. The molecule has 766 valence electrons. The van der Waals surface area contributed by atoms with Gasteiger partial charge < -0.3 is 43.0 Å². The summed E-state index contributed by atoms with van der Waals surface area (Å²) in [4.78, 5) is 14.5. The maximum atomic E-state index is 14.5. The van der Waals surface area contributed by atoms with Crippen LogP contribution in [0.15, 0.2) is 48.0 Å². The lowest BCUT2D eigenvalue weighted by molar-refractivity contribution is -0.0620. The Labute approximate surface area is 826 Å². The molecule has 7 rings (SSSR count). The molecule has 0 radical (unpaired) electrons. The van der Waals surface area contributed by atoms with Crippen LogP contribution in [0.4, 0.5) is 4.79 Å². The summed E-state index contributed by atoms with van der Waals surface area (Å²) in [6, 6.07) is 12.9. The van der Waals surface area contributed by atoms with Crippen LogP contribution in [0.5, 0.6) is 34.5 Å². The minimum atomic E-state index is -0.602. The SMILES string of the molecule is CCCCCCCCCCCCOc1cc(/C=C/c2cc(OCCCCCCCCCCCC)c(COC(=O)O[C@H]3CC[C@@]4(C)C(=CC[C@H]5[C@@H]6CC[C@H]([C@H](C)CCCC(C)C)[C@@]6(C)CC[C@@H]54)C3)cc2OCCCCCCCCCCCC)c(OCCCCCCCCCCCC)cc1/C=C/c1cc(OCCCCCCCCCCCC)c(CO)cc1OCCCCCCCCCCCC. The molecule has 0 heterocycles. The lowest BCUT2D eigenvalue weighted by Crippen LogP contribution is -2.51. The van der Waals surface area contributed by atoms with E-state index in [2.05, 4.69) is 137 Å². The number of rotatable bonds is 85. The first-order valence-corrected chi connectivity index (χ1v) is 58.5. The Hall–Kier alpha value is -5.09. The molecule has 0 amide bonds. The number of ether oxygens (including phenoxy) is 8. The quantitative estimate of drug-likeness (QED) is 0.0254. The Morgan fingerprint density at radius 3 is 0.993 bits per heavy atom. The fourth-order valence-corrected chi connectivity index (χ4v) is 23.4. The van der Waals surface area contributed by atoms with Crippen LogP contribution in [-0.2, 0) is 22.7 Å². The number of hydrogen-bond acceptors (Lipinski definition) is 10. The smallest absolute Gasteiger partial charge is 0.493 e. The van der Waals surface area contributed by atoms with Crippen LogP contribution in [-0.4, -0.2) is 57.0 Å². The van der Waals surface area contributed by atoms with Crippen molar-refractivity contribution in [2.45, 2.75) is 551 Å². The molecule has 134 heavy (non-hydrogen) atoms. The summed E-state index contributed by atoms with van der Waals surface area (Å²) in [5, 5.41) is 11.1. The summed E-state index contributed by atoms with van der Waals surface area (Å²) in [7, 11) is 0. The van der Waals surface area contributed by atoms with E-state index in [9.17, 15) is 9.90 Å². The summed E-state index contributed by atoms with van der Waals surface area (Å²) in [5.74, 6) is 9.20. The molecule has 3 aromatic carbocycles. The van der Waals surface area contributed by atoms with Crippen molar-refractivity contribution in [2.75, 3.05) is 39.6 Å². The van der Waals surface area contributed by atoms with Gasteiger partial charge in [0.1, 0.15) is 47.2 Å². The molecular weight excluding hydrogens is 1650 g/mol. The lowest BCUT2D eigenvalue weighted by atomic mass is 9.47. The van der Waals surface area contributed by atoms with Crippen molar-refractivity contribution in [2.24, 2.45) is 46.3 Å². The highest BCUT2D eigenvalue weighted by Crippen LogP contribution is 2.68. The molecule has 10 nitrogen and oxygen atoms in total. The first-order chi connectivity index (χ1) is 65.7. The molecule has 0 aliphatic heterocycles. The molecule has 0 saturated heterocycles. The van der Waals surface area contributed by atoms with Crippen molar-refractivity contribution in [1.29, 1.82) is 0 Å². The van der Waals surface area contributed by atoms with Crippen molar-refractivity contribution >= 4 is 30.5 Å². The Bertz CT molecular complexity index is 3530. The minimum absolute atomic E-state index is 0.0111. The molecular formula is C124H210O10. The van der Waals surface area contributed by atoms with E-state index in [4.69, 9.17) is 37.9 Å².